The van der Waals surface area contributed by atoms with Crippen molar-refractivity contribution in [2.75, 3.05) is 0 Å². The summed E-state index contributed by atoms with van der Waals surface area (Å²) in [5, 5.41) is 0. The number of carbonyl (C=O) groups excluding carboxylic acids is 1. The lowest BCUT2D eigenvalue weighted by molar-refractivity contribution is -0.145. The van der Waals surface area contributed by atoms with Crippen LogP contribution in [0, 0.1) is 0 Å². The van der Waals surface area contributed by atoms with Crippen LogP contribution in [-0.2, 0) is 16.0 Å². The standard InChI is InChI=1S/C19H27NO2/c1-17(22-18(2)21)12-9-7-5-3-4-6-8-10-13-19-14-11-15-20-16-19/h3,5,7,9,11,14-17H,4,6,8,10,12-13H2,1-2H3/b5-3+,9-7+. The molecule has 0 saturated carbocycles. The van der Waals surface area contributed by atoms with Crippen molar-refractivity contribution in [2.24, 2.45) is 0 Å². The number of aryl methyl sites for hydroxylation is 1. The zero-order chi connectivity index (χ0) is 16.0. The molecular weight excluding hydrogens is 274 g/mol. The fourth-order valence-corrected chi connectivity index (χ4v) is 2.17. The topological polar surface area (TPSA) is 39.2 Å². The van der Waals surface area contributed by atoms with Gasteiger partial charge in [0.1, 0.15) is 6.10 Å². The molecule has 3 heteroatoms. The molecule has 0 fully saturated rings. The molecule has 3 nitrogen and oxygen atoms in total. The van der Waals surface area contributed by atoms with Crippen LogP contribution in [-0.4, -0.2) is 17.1 Å². The van der Waals surface area contributed by atoms with E-state index in [4.69, 9.17) is 4.74 Å². The zero-order valence-corrected chi connectivity index (χ0v) is 13.7. The smallest absolute Gasteiger partial charge is 0.302 e. The first-order valence-corrected chi connectivity index (χ1v) is 8.06. The maximum absolute atomic E-state index is 10.7. The number of rotatable bonds is 10. The summed E-state index contributed by atoms with van der Waals surface area (Å²) in [6.07, 6.45) is 18.7. The molecule has 0 spiro atoms. The second-order valence-electron chi connectivity index (χ2n) is 5.47. The van der Waals surface area contributed by atoms with Crippen molar-refractivity contribution in [3.63, 3.8) is 0 Å². The molecule has 0 N–H and O–H groups in total. The Labute approximate surface area is 134 Å². The highest BCUT2D eigenvalue weighted by Gasteiger charge is 2.01. The summed E-state index contributed by atoms with van der Waals surface area (Å²) in [6, 6.07) is 4.13. The Hall–Kier alpha value is -1.90. The molecule has 0 aliphatic carbocycles. The van der Waals surface area contributed by atoms with Gasteiger partial charge < -0.3 is 4.74 Å². The Morgan fingerprint density at radius 3 is 2.82 bits per heavy atom. The highest BCUT2D eigenvalue weighted by Crippen LogP contribution is 2.07. The lowest BCUT2D eigenvalue weighted by Crippen LogP contribution is -2.10. The fraction of sp³-hybridized carbons (Fsp3) is 0.474. The van der Waals surface area contributed by atoms with Gasteiger partial charge in [-0.15, -0.1) is 0 Å². The van der Waals surface area contributed by atoms with E-state index in [1.165, 1.54) is 31.7 Å². The number of hydrogen-bond donors (Lipinski definition) is 0. The van der Waals surface area contributed by atoms with Crippen LogP contribution in [0.3, 0.4) is 0 Å². The molecule has 0 aliphatic heterocycles. The summed E-state index contributed by atoms with van der Waals surface area (Å²) in [4.78, 5) is 14.9. The van der Waals surface area contributed by atoms with E-state index in [-0.39, 0.29) is 12.1 Å². The molecule has 0 aromatic carbocycles. The van der Waals surface area contributed by atoms with E-state index in [2.05, 4.69) is 23.2 Å². The van der Waals surface area contributed by atoms with Gasteiger partial charge in [0, 0.05) is 25.7 Å². The minimum atomic E-state index is -0.220. The SMILES string of the molecule is CC(=O)OC(C)C/C=C/C=C/CCCCCc1cccnc1. The summed E-state index contributed by atoms with van der Waals surface area (Å²) in [6.45, 7) is 3.34. The van der Waals surface area contributed by atoms with Crippen LogP contribution in [0.25, 0.3) is 0 Å². The number of esters is 1. The summed E-state index contributed by atoms with van der Waals surface area (Å²) >= 11 is 0. The van der Waals surface area contributed by atoms with Crippen molar-refractivity contribution >= 4 is 5.97 Å². The average molecular weight is 301 g/mol. The molecule has 1 aromatic heterocycles. The van der Waals surface area contributed by atoms with Crippen molar-refractivity contribution < 1.29 is 9.53 Å². The van der Waals surface area contributed by atoms with Crippen LogP contribution in [0.2, 0.25) is 0 Å². The van der Waals surface area contributed by atoms with E-state index in [0.29, 0.717) is 0 Å². The van der Waals surface area contributed by atoms with E-state index < -0.39 is 0 Å². The van der Waals surface area contributed by atoms with Crippen LogP contribution >= 0.6 is 0 Å². The number of carbonyl (C=O) groups is 1. The van der Waals surface area contributed by atoms with Gasteiger partial charge in [0.25, 0.3) is 0 Å². The van der Waals surface area contributed by atoms with Crippen molar-refractivity contribution in [3.8, 4) is 0 Å². The highest BCUT2D eigenvalue weighted by molar-refractivity contribution is 5.66. The molecule has 0 radical (unpaired) electrons. The van der Waals surface area contributed by atoms with Crippen LogP contribution in [0.4, 0.5) is 0 Å². The normalized spacial score (nSPS) is 12.8. The molecule has 0 bridgehead atoms. The molecule has 0 aliphatic rings. The Kier molecular flexibility index (Phi) is 9.67. The summed E-state index contributed by atoms with van der Waals surface area (Å²) in [7, 11) is 0. The molecule has 0 amide bonds. The number of pyridine rings is 1. The number of ether oxygens (including phenoxy) is 1. The maximum Gasteiger partial charge on any atom is 0.302 e. The molecule has 1 aromatic rings. The Bertz CT molecular complexity index is 466. The summed E-state index contributed by atoms with van der Waals surface area (Å²) in [5.41, 5.74) is 1.32. The number of hydrogen-bond acceptors (Lipinski definition) is 3. The van der Waals surface area contributed by atoms with Gasteiger partial charge >= 0.3 is 5.97 Å². The zero-order valence-electron chi connectivity index (χ0n) is 13.7. The molecule has 22 heavy (non-hydrogen) atoms. The molecule has 1 unspecified atom stereocenters. The van der Waals surface area contributed by atoms with Crippen molar-refractivity contribution in [1.82, 2.24) is 4.98 Å². The molecule has 1 heterocycles. The summed E-state index contributed by atoms with van der Waals surface area (Å²) in [5.74, 6) is -0.220. The van der Waals surface area contributed by atoms with Crippen LogP contribution < -0.4 is 0 Å². The lowest BCUT2D eigenvalue weighted by Gasteiger charge is -2.07. The first kappa shape index (κ1) is 18.1. The number of nitrogens with zero attached hydrogens (tertiary/aromatic N) is 1. The van der Waals surface area contributed by atoms with Crippen molar-refractivity contribution in [1.29, 1.82) is 0 Å². The minimum absolute atomic E-state index is 0.0466. The number of allylic oxidation sites excluding steroid dienone is 3. The van der Waals surface area contributed by atoms with Gasteiger partial charge in [0.15, 0.2) is 0 Å². The fourth-order valence-electron chi connectivity index (χ4n) is 2.17. The predicted molar refractivity (Wildman–Crippen MR) is 90.5 cm³/mol. The number of unbranched alkanes of at least 4 members (excludes halogenated alkanes) is 3. The van der Waals surface area contributed by atoms with E-state index >= 15 is 0 Å². The first-order valence-electron chi connectivity index (χ1n) is 8.06. The molecular formula is C19H27NO2. The van der Waals surface area contributed by atoms with Crippen LogP contribution in [0.15, 0.2) is 48.8 Å². The van der Waals surface area contributed by atoms with Gasteiger partial charge in [0.05, 0.1) is 0 Å². The van der Waals surface area contributed by atoms with Gasteiger partial charge in [0.2, 0.25) is 0 Å². The molecule has 0 saturated heterocycles. The molecule has 1 atom stereocenters. The van der Waals surface area contributed by atoms with Gasteiger partial charge in [-0.05, 0) is 44.2 Å². The monoisotopic (exact) mass is 301 g/mol. The highest BCUT2D eigenvalue weighted by atomic mass is 16.5. The maximum atomic E-state index is 10.7. The van der Waals surface area contributed by atoms with E-state index in [9.17, 15) is 4.79 Å². The van der Waals surface area contributed by atoms with Crippen molar-refractivity contribution in [3.05, 3.63) is 54.4 Å². The predicted octanol–water partition coefficient (Wildman–Crippen LogP) is 4.64. The third kappa shape index (κ3) is 9.92. The Balaban J connectivity index is 1.99. The third-order valence-electron chi connectivity index (χ3n) is 3.28. The second-order valence-corrected chi connectivity index (χ2v) is 5.47. The third-order valence-corrected chi connectivity index (χ3v) is 3.28. The molecule has 1 rings (SSSR count). The minimum Gasteiger partial charge on any atom is -0.463 e. The van der Waals surface area contributed by atoms with Gasteiger partial charge in [-0.1, -0.05) is 36.8 Å². The molecule has 120 valence electrons. The van der Waals surface area contributed by atoms with Crippen LogP contribution in [0.1, 0.15) is 51.5 Å². The van der Waals surface area contributed by atoms with E-state index in [1.54, 1.807) is 0 Å². The van der Waals surface area contributed by atoms with E-state index in [0.717, 1.165) is 19.3 Å². The second kappa shape index (κ2) is 11.7. The largest absolute Gasteiger partial charge is 0.463 e. The first-order chi connectivity index (χ1) is 10.7. The van der Waals surface area contributed by atoms with Gasteiger partial charge in [-0.2, -0.15) is 0 Å². The number of aromatic nitrogens is 1. The van der Waals surface area contributed by atoms with E-state index in [1.807, 2.05) is 37.5 Å². The van der Waals surface area contributed by atoms with Crippen molar-refractivity contribution in [2.45, 2.75) is 58.5 Å². The average Bonchev–Trinajstić information content (AvgIpc) is 2.49. The van der Waals surface area contributed by atoms with Crippen LogP contribution in [0.5, 0.6) is 0 Å². The van der Waals surface area contributed by atoms with Gasteiger partial charge in [-0.25, -0.2) is 0 Å². The van der Waals surface area contributed by atoms with Gasteiger partial charge in [-0.3, -0.25) is 9.78 Å². The summed E-state index contributed by atoms with van der Waals surface area (Å²) < 4.78 is 5.04. The quantitative estimate of drug-likeness (QED) is 0.359. The lowest BCUT2D eigenvalue weighted by atomic mass is 10.1. The Morgan fingerprint density at radius 1 is 1.27 bits per heavy atom. The Morgan fingerprint density at radius 2 is 2.09 bits per heavy atom.